The van der Waals surface area contributed by atoms with E-state index in [9.17, 15) is 13.9 Å². The van der Waals surface area contributed by atoms with Gasteiger partial charge in [-0.25, -0.2) is 8.78 Å². The highest BCUT2D eigenvalue weighted by molar-refractivity contribution is 7.19. The summed E-state index contributed by atoms with van der Waals surface area (Å²) in [7, 11) is 0. The second kappa shape index (κ2) is 10.2. The number of phenols is 1. The van der Waals surface area contributed by atoms with E-state index >= 15 is 0 Å². The zero-order valence-corrected chi connectivity index (χ0v) is 24.4. The number of phenolic OH excluding ortho intramolecular Hbond substituents is 1. The van der Waals surface area contributed by atoms with Crippen molar-refractivity contribution in [3.05, 3.63) is 42.2 Å². The van der Waals surface area contributed by atoms with E-state index in [2.05, 4.69) is 21.7 Å². The number of aromatic nitrogens is 3. The molecule has 4 saturated heterocycles. The zero-order chi connectivity index (χ0) is 29.3. The van der Waals surface area contributed by atoms with Crippen molar-refractivity contribution in [2.75, 3.05) is 37.7 Å². The van der Waals surface area contributed by atoms with E-state index in [4.69, 9.17) is 24.4 Å². The van der Waals surface area contributed by atoms with E-state index in [1.165, 1.54) is 29.5 Å². The van der Waals surface area contributed by atoms with Gasteiger partial charge in [-0.05, 0) is 49.7 Å². The van der Waals surface area contributed by atoms with Crippen LogP contribution in [0.5, 0.6) is 22.7 Å². The lowest BCUT2D eigenvalue weighted by Crippen LogP contribution is -2.51. The van der Waals surface area contributed by atoms with Gasteiger partial charge in [0.15, 0.2) is 10.6 Å². The van der Waals surface area contributed by atoms with Crippen LogP contribution in [-0.4, -0.2) is 81.5 Å². The van der Waals surface area contributed by atoms with E-state index in [0.29, 0.717) is 58.6 Å². The topological polar surface area (TPSA) is 95.9 Å². The number of aromatic hydroxyl groups is 1. The number of alkyl halides is 1. The van der Waals surface area contributed by atoms with Crippen molar-refractivity contribution >= 4 is 44.4 Å². The number of rotatable bonds is 7. The summed E-state index contributed by atoms with van der Waals surface area (Å²) in [4.78, 5) is 19.4. The number of anilines is 1. The first kappa shape index (κ1) is 27.0. The average Bonchev–Trinajstić information content (AvgIpc) is 3.73. The minimum atomic E-state index is -0.844. The van der Waals surface area contributed by atoms with E-state index in [1.54, 1.807) is 12.1 Å². The van der Waals surface area contributed by atoms with Crippen LogP contribution in [0.2, 0.25) is 0 Å². The Hall–Kier alpha value is -3.61. The van der Waals surface area contributed by atoms with Crippen molar-refractivity contribution in [1.82, 2.24) is 25.2 Å². The van der Waals surface area contributed by atoms with Gasteiger partial charge in [-0.3, -0.25) is 4.90 Å². The third-order valence-corrected chi connectivity index (χ3v) is 10.2. The Labute approximate surface area is 251 Å². The highest BCUT2D eigenvalue weighted by atomic mass is 32.1. The van der Waals surface area contributed by atoms with E-state index < -0.39 is 12.0 Å². The number of benzene rings is 2. The van der Waals surface area contributed by atoms with E-state index in [-0.39, 0.29) is 33.8 Å². The Bertz CT molecular complexity index is 1740. The molecule has 2 bridgehead atoms. The summed E-state index contributed by atoms with van der Waals surface area (Å²) in [5.74, 6) is 0.489. The molecule has 2 unspecified atom stereocenters. The second-order valence-corrected chi connectivity index (χ2v) is 13.1. The highest BCUT2D eigenvalue weighted by Crippen LogP contribution is 2.43. The van der Waals surface area contributed by atoms with Crippen LogP contribution in [0.3, 0.4) is 0 Å². The van der Waals surface area contributed by atoms with Gasteiger partial charge in [-0.15, -0.1) is 0 Å². The summed E-state index contributed by atoms with van der Waals surface area (Å²) in [5.41, 5.74) is 0.560. The molecule has 0 spiro atoms. The van der Waals surface area contributed by atoms with Gasteiger partial charge in [0, 0.05) is 55.2 Å². The van der Waals surface area contributed by atoms with E-state index in [0.717, 1.165) is 45.3 Å². The van der Waals surface area contributed by atoms with Crippen LogP contribution in [0, 0.1) is 5.82 Å². The predicted molar refractivity (Wildman–Crippen MR) is 162 cm³/mol. The molecule has 0 amide bonds. The minimum Gasteiger partial charge on any atom is -0.508 e. The fraction of sp³-hybridized carbons (Fsp3) is 0.452. The highest BCUT2D eigenvalue weighted by Gasteiger charge is 2.49. The molecule has 4 aromatic rings. The van der Waals surface area contributed by atoms with Gasteiger partial charge in [0.2, 0.25) is 0 Å². The van der Waals surface area contributed by atoms with Crippen molar-refractivity contribution in [3.8, 4) is 22.7 Å². The lowest BCUT2D eigenvalue weighted by Gasteiger charge is -2.34. The van der Waals surface area contributed by atoms with Crippen molar-refractivity contribution in [2.24, 2.45) is 0 Å². The molecule has 4 aliphatic heterocycles. The molecule has 8 rings (SSSR count). The van der Waals surface area contributed by atoms with Crippen molar-refractivity contribution in [1.29, 1.82) is 0 Å². The first-order valence-electron chi connectivity index (χ1n) is 14.8. The molecular weight excluding hydrogens is 574 g/mol. The Morgan fingerprint density at radius 1 is 1.16 bits per heavy atom. The molecule has 4 atom stereocenters. The number of piperazine rings is 1. The molecular formula is C31H32F2N6O3S. The number of thiazole rings is 1. The molecule has 43 heavy (non-hydrogen) atoms. The number of nitrogens with one attached hydrogen (secondary N) is 1. The number of hydrogen-bond acceptors (Lipinski definition) is 10. The maximum absolute atomic E-state index is 14.7. The molecule has 9 nitrogen and oxygen atoms in total. The molecule has 2 aromatic carbocycles. The molecule has 4 aliphatic rings. The Morgan fingerprint density at radius 3 is 2.81 bits per heavy atom. The lowest BCUT2D eigenvalue weighted by molar-refractivity contribution is 0.107. The van der Waals surface area contributed by atoms with Gasteiger partial charge in [-0.2, -0.15) is 15.0 Å². The average molecular weight is 607 g/mol. The standard InChI is InChI=1S/C31H32F2N6O3S/c1-2-22-23(33)7-4-17-10-21(40)11-24(25(17)22)42-30-35-26-27(38-14-19-5-6-20(15-38)34-19)36-29(37-28(26)43-30)41-16-31-8-3-9-39(31)13-18(32)12-31/h2,4,7,10-11,18-20,34,40H,1,3,5-6,8-9,12-16H2/t18-,19?,20?,31+/m1/s1. The fourth-order valence-electron chi connectivity index (χ4n) is 7.50. The molecule has 224 valence electrons. The summed E-state index contributed by atoms with van der Waals surface area (Å²) in [5, 5.41) is 15.4. The van der Waals surface area contributed by atoms with Crippen LogP contribution in [0.4, 0.5) is 14.6 Å². The van der Waals surface area contributed by atoms with Crippen LogP contribution in [0.15, 0.2) is 30.8 Å². The zero-order valence-electron chi connectivity index (χ0n) is 23.6. The molecule has 0 saturated carbocycles. The number of halogens is 2. The van der Waals surface area contributed by atoms with E-state index in [1.807, 2.05) is 0 Å². The number of fused-ring (bicyclic) bond motifs is 5. The van der Waals surface area contributed by atoms with Crippen LogP contribution >= 0.6 is 11.3 Å². The monoisotopic (exact) mass is 606 g/mol. The summed E-state index contributed by atoms with van der Waals surface area (Å²) in [6, 6.07) is 6.93. The van der Waals surface area contributed by atoms with Gasteiger partial charge in [-0.1, -0.05) is 30.1 Å². The SMILES string of the molecule is C=Cc1c(F)ccc2cc(O)cc(Oc3nc4c(N5CC6CCC(C5)N6)nc(OC[C@@]56CCCN5C[C@H](F)C6)nc4s3)c12. The summed E-state index contributed by atoms with van der Waals surface area (Å²) < 4.78 is 41.6. The first-order chi connectivity index (χ1) is 20.9. The molecule has 4 fully saturated rings. The largest absolute Gasteiger partial charge is 0.508 e. The third-order valence-electron chi connectivity index (χ3n) is 9.40. The van der Waals surface area contributed by atoms with Crippen LogP contribution in [-0.2, 0) is 0 Å². The summed E-state index contributed by atoms with van der Waals surface area (Å²) >= 11 is 1.23. The predicted octanol–water partition coefficient (Wildman–Crippen LogP) is 5.42. The number of hydrogen-bond donors (Lipinski definition) is 2. The van der Waals surface area contributed by atoms with Crippen LogP contribution in [0.1, 0.15) is 37.7 Å². The number of ether oxygens (including phenoxy) is 2. The molecule has 0 aliphatic carbocycles. The van der Waals surface area contributed by atoms with Gasteiger partial charge in [0.1, 0.15) is 35.6 Å². The Morgan fingerprint density at radius 2 is 2.00 bits per heavy atom. The molecule has 2 aromatic heterocycles. The Kier molecular flexibility index (Phi) is 6.43. The van der Waals surface area contributed by atoms with Crippen molar-refractivity contribution in [2.45, 2.75) is 55.9 Å². The minimum absolute atomic E-state index is 0.0135. The Balaban J connectivity index is 1.18. The van der Waals surface area contributed by atoms with Crippen LogP contribution < -0.4 is 19.7 Å². The van der Waals surface area contributed by atoms with Crippen molar-refractivity contribution < 1.29 is 23.4 Å². The molecule has 2 N–H and O–H groups in total. The second-order valence-electron chi connectivity index (χ2n) is 12.2. The maximum Gasteiger partial charge on any atom is 0.319 e. The first-order valence-corrected chi connectivity index (χ1v) is 15.7. The maximum atomic E-state index is 14.7. The quantitative estimate of drug-likeness (QED) is 0.286. The smallest absolute Gasteiger partial charge is 0.319 e. The van der Waals surface area contributed by atoms with Gasteiger partial charge >= 0.3 is 6.01 Å². The molecule has 12 heteroatoms. The molecule has 6 heterocycles. The van der Waals surface area contributed by atoms with Gasteiger partial charge in [0.25, 0.3) is 5.19 Å². The normalized spacial score (nSPS) is 26.8. The van der Waals surface area contributed by atoms with Gasteiger partial charge in [0.05, 0.1) is 5.54 Å². The van der Waals surface area contributed by atoms with Crippen LogP contribution in [0.25, 0.3) is 27.2 Å². The third kappa shape index (κ3) is 4.67. The number of nitrogens with zero attached hydrogens (tertiary/aromatic N) is 5. The van der Waals surface area contributed by atoms with Crippen molar-refractivity contribution in [3.63, 3.8) is 0 Å². The lowest BCUT2D eigenvalue weighted by atomic mass is 9.95. The summed E-state index contributed by atoms with van der Waals surface area (Å²) in [6.45, 7) is 7.01. The summed E-state index contributed by atoms with van der Waals surface area (Å²) in [6.07, 6.45) is 5.21. The molecule has 0 radical (unpaired) electrons. The fourth-order valence-corrected chi connectivity index (χ4v) is 8.29. The van der Waals surface area contributed by atoms with Gasteiger partial charge < -0.3 is 24.8 Å².